The summed E-state index contributed by atoms with van der Waals surface area (Å²) in [6.45, 7) is 3.78. The minimum absolute atomic E-state index is 0.0251. The molecule has 0 atom stereocenters. The fourth-order valence-electron chi connectivity index (χ4n) is 3.23. The summed E-state index contributed by atoms with van der Waals surface area (Å²) < 4.78 is 31.7. The Morgan fingerprint density at radius 3 is 2.26 bits per heavy atom. The lowest BCUT2D eigenvalue weighted by Gasteiger charge is -2.11. The number of amides is 3. The number of hydrogen-bond acceptors (Lipinski definition) is 5. The van der Waals surface area contributed by atoms with E-state index in [2.05, 4.69) is 30.9 Å². The molecule has 4 aromatic rings. The van der Waals surface area contributed by atoms with Gasteiger partial charge in [0, 0.05) is 34.7 Å². The molecule has 39 heavy (non-hydrogen) atoms. The number of carbonyl (C=O) groups is 3. The van der Waals surface area contributed by atoms with Crippen LogP contribution in [0.15, 0.2) is 61.1 Å². The number of hydrogen-bond donors (Lipinski definition) is 5. The molecule has 3 amide bonds. The Morgan fingerprint density at radius 1 is 1.00 bits per heavy atom. The van der Waals surface area contributed by atoms with Crippen molar-refractivity contribution in [2.24, 2.45) is 0 Å². The normalized spacial score (nSPS) is 10.9. The topological polar surface area (TPSA) is 149 Å². The number of urea groups is 1. The highest BCUT2D eigenvalue weighted by molar-refractivity contribution is 6.36. The fourth-order valence-corrected chi connectivity index (χ4v) is 3.47. The zero-order chi connectivity index (χ0) is 28.7. The van der Waals surface area contributed by atoms with Crippen LogP contribution in [-0.4, -0.2) is 50.2 Å². The van der Waals surface area contributed by atoms with Gasteiger partial charge in [0.25, 0.3) is 5.91 Å². The van der Waals surface area contributed by atoms with Crippen LogP contribution in [0, 0.1) is 0 Å². The number of halogens is 4. The van der Waals surface area contributed by atoms with Crippen molar-refractivity contribution in [2.75, 3.05) is 10.6 Å². The lowest BCUT2D eigenvalue weighted by Crippen LogP contribution is -2.30. The maximum Gasteiger partial charge on any atom is 0.490 e. The van der Waals surface area contributed by atoms with Gasteiger partial charge in [0.05, 0.1) is 16.1 Å². The highest BCUT2D eigenvalue weighted by Crippen LogP contribution is 2.31. The molecule has 0 aliphatic heterocycles. The van der Waals surface area contributed by atoms with E-state index in [1.165, 1.54) is 6.33 Å². The van der Waals surface area contributed by atoms with Gasteiger partial charge in [-0.2, -0.15) is 13.2 Å². The van der Waals surface area contributed by atoms with Crippen molar-refractivity contribution >= 4 is 51.9 Å². The standard InChI is InChI=1S/C23H21ClN6O2.C2HF3O2/c1-13(2)28-22(31)15-4-3-5-17(10-15)30-23(32)29-16-8-6-14(7-9-16)20-19-18(24)11-25-21(19)27-12-26-20;3-2(4,5)1(6)7/h3-13H,1-2H3,(H,28,31)(H,25,26,27)(H2,29,30,32);(H,6,7). The van der Waals surface area contributed by atoms with E-state index in [-0.39, 0.29) is 11.9 Å². The highest BCUT2D eigenvalue weighted by atomic mass is 35.5. The molecule has 0 saturated heterocycles. The van der Waals surface area contributed by atoms with Crippen LogP contribution in [-0.2, 0) is 4.79 Å². The molecule has 2 aromatic heterocycles. The number of aromatic amines is 1. The molecule has 0 aliphatic rings. The molecule has 0 spiro atoms. The van der Waals surface area contributed by atoms with E-state index >= 15 is 0 Å². The number of H-pyrrole nitrogens is 1. The van der Waals surface area contributed by atoms with E-state index in [0.717, 1.165) is 10.9 Å². The molecular formula is C25H22ClF3N6O4. The second-order valence-corrected chi connectivity index (χ2v) is 8.66. The third-order valence-corrected chi connectivity index (χ3v) is 5.18. The summed E-state index contributed by atoms with van der Waals surface area (Å²) in [4.78, 5) is 45.0. The number of anilines is 2. The molecule has 0 bridgehead atoms. The van der Waals surface area contributed by atoms with Crippen molar-refractivity contribution < 1.29 is 32.7 Å². The number of aliphatic carboxylic acids is 1. The van der Waals surface area contributed by atoms with E-state index in [4.69, 9.17) is 21.5 Å². The quantitative estimate of drug-likeness (QED) is 0.211. The van der Waals surface area contributed by atoms with Gasteiger partial charge in [0.2, 0.25) is 0 Å². The zero-order valence-electron chi connectivity index (χ0n) is 20.4. The molecule has 2 aromatic carbocycles. The number of carboxylic acid groups (broad SMARTS) is 1. The Hall–Kier alpha value is -4.65. The molecule has 5 N–H and O–H groups in total. The van der Waals surface area contributed by atoms with Gasteiger partial charge in [0.15, 0.2) is 0 Å². The Morgan fingerprint density at radius 2 is 1.64 bits per heavy atom. The number of fused-ring (bicyclic) bond motifs is 1. The monoisotopic (exact) mass is 562 g/mol. The number of benzene rings is 2. The van der Waals surface area contributed by atoms with E-state index in [1.807, 2.05) is 26.0 Å². The van der Waals surface area contributed by atoms with Gasteiger partial charge in [0.1, 0.15) is 12.0 Å². The van der Waals surface area contributed by atoms with E-state index in [9.17, 15) is 22.8 Å². The van der Waals surface area contributed by atoms with Crippen molar-refractivity contribution in [2.45, 2.75) is 26.1 Å². The maximum absolute atomic E-state index is 12.4. The van der Waals surface area contributed by atoms with Crippen LogP contribution in [0.5, 0.6) is 0 Å². The second kappa shape index (κ2) is 12.3. The average molecular weight is 563 g/mol. The predicted molar refractivity (Wildman–Crippen MR) is 140 cm³/mol. The highest BCUT2D eigenvalue weighted by Gasteiger charge is 2.38. The molecule has 0 aliphatic carbocycles. The minimum atomic E-state index is -5.08. The Kier molecular flexibility index (Phi) is 9.09. The number of aromatic nitrogens is 3. The lowest BCUT2D eigenvalue weighted by molar-refractivity contribution is -0.192. The summed E-state index contributed by atoms with van der Waals surface area (Å²) >= 11 is 6.26. The van der Waals surface area contributed by atoms with Crippen molar-refractivity contribution in [3.8, 4) is 11.3 Å². The van der Waals surface area contributed by atoms with Gasteiger partial charge >= 0.3 is 18.2 Å². The first kappa shape index (κ1) is 28.9. The fraction of sp³-hybridized carbons (Fsp3) is 0.160. The summed E-state index contributed by atoms with van der Waals surface area (Å²) in [5.41, 5.74) is 3.79. The lowest BCUT2D eigenvalue weighted by atomic mass is 10.1. The summed E-state index contributed by atoms with van der Waals surface area (Å²) in [5, 5.41) is 16.8. The van der Waals surface area contributed by atoms with E-state index in [0.29, 0.717) is 33.3 Å². The van der Waals surface area contributed by atoms with Crippen molar-refractivity contribution in [3.63, 3.8) is 0 Å². The molecule has 0 fully saturated rings. The van der Waals surface area contributed by atoms with Crippen LogP contribution >= 0.6 is 11.6 Å². The molecule has 2 heterocycles. The van der Waals surface area contributed by atoms with Gasteiger partial charge in [-0.1, -0.05) is 29.8 Å². The first-order valence-electron chi connectivity index (χ1n) is 11.2. The largest absolute Gasteiger partial charge is 0.490 e. The molecule has 10 nitrogen and oxygen atoms in total. The van der Waals surface area contributed by atoms with Gasteiger partial charge in [-0.15, -0.1) is 0 Å². The van der Waals surface area contributed by atoms with Gasteiger partial charge in [-0.3, -0.25) is 4.79 Å². The van der Waals surface area contributed by atoms with Crippen LogP contribution in [0.4, 0.5) is 29.3 Å². The Bertz CT molecular complexity index is 1490. The number of alkyl halides is 3. The molecule has 0 radical (unpaired) electrons. The Labute approximate surface area is 224 Å². The van der Waals surface area contributed by atoms with E-state index < -0.39 is 18.2 Å². The molecule has 0 saturated carbocycles. The summed E-state index contributed by atoms with van der Waals surface area (Å²) in [6.07, 6.45) is -1.94. The second-order valence-electron chi connectivity index (χ2n) is 8.25. The first-order valence-corrected chi connectivity index (χ1v) is 11.6. The number of nitrogens with zero attached hydrogens (tertiary/aromatic N) is 2. The minimum Gasteiger partial charge on any atom is -0.475 e. The van der Waals surface area contributed by atoms with Crippen molar-refractivity contribution in [1.29, 1.82) is 0 Å². The molecular weight excluding hydrogens is 541 g/mol. The number of nitrogens with one attached hydrogen (secondary N) is 4. The number of carboxylic acids is 1. The van der Waals surface area contributed by atoms with Crippen LogP contribution in [0.25, 0.3) is 22.3 Å². The summed E-state index contributed by atoms with van der Waals surface area (Å²) in [5.74, 6) is -2.95. The van der Waals surface area contributed by atoms with Crippen molar-refractivity contribution in [3.05, 3.63) is 71.6 Å². The van der Waals surface area contributed by atoms with Gasteiger partial charge in [-0.05, 0) is 44.2 Å². The molecule has 204 valence electrons. The third kappa shape index (κ3) is 7.92. The molecule has 0 unspecified atom stereocenters. The van der Waals surface area contributed by atoms with Crippen LogP contribution in [0.1, 0.15) is 24.2 Å². The van der Waals surface area contributed by atoms with Crippen LogP contribution in [0.3, 0.4) is 0 Å². The van der Waals surface area contributed by atoms with Crippen LogP contribution < -0.4 is 16.0 Å². The summed E-state index contributed by atoms with van der Waals surface area (Å²) in [7, 11) is 0. The predicted octanol–water partition coefficient (Wildman–Crippen LogP) is 5.69. The maximum atomic E-state index is 12.4. The summed E-state index contributed by atoms with van der Waals surface area (Å²) in [6, 6.07) is 13.6. The van der Waals surface area contributed by atoms with E-state index in [1.54, 1.807) is 42.6 Å². The SMILES string of the molecule is CC(C)NC(=O)c1cccc(NC(=O)Nc2ccc(-c3ncnc4[nH]cc(Cl)c34)cc2)c1.O=C(O)C(F)(F)F. The molecule has 14 heteroatoms. The zero-order valence-corrected chi connectivity index (χ0v) is 21.2. The van der Waals surface area contributed by atoms with Crippen molar-refractivity contribution in [1.82, 2.24) is 20.3 Å². The smallest absolute Gasteiger partial charge is 0.475 e. The third-order valence-electron chi connectivity index (χ3n) is 4.88. The number of rotatable bonds is 5. The van der Waals surface area contributed by atoms with Crippen LogP contribution in [0.2, 0.25) is 5.02 Å². The first-order chi connectivity index (χ1) is 18.3. The molecule has 4 rings (SSSR count). The number of carbonyl (C=O) groups excluding carboxylic acids is 2. The Balaban J connectivity index is 0.000000532. The average Bonchev–Trinajstić information content (AvgIpc) is 3.25. The van der Waals surface area contributed by atoms with Gasteiger partial charge in [-0.25, -0.2) is 19.6 Å². The van der Waals surface area contributed by atoms with Gasteiger partial charge < -0.3 is 26.0 Å².